The van der Waals surface area contributed by atoms with E-state index < -0.39 is 0 Å². The average Bonchev–Trinajstić information content (AvgIpc) is 3.71. The second-order valence-corrected chi connectivity index (χ2v) is 12.8. The predicted octanol–water partition coefficient (Wildman–Crippen LogP) is 11.9. The molecule has 0 radical (unpaired) electrons. The first-order valence-electron chi connectivity index (χ1n) is 16.5. The summed E-state index contributed by atoms with van der Waals surface area (Å²) < 4.78 is 6.83. The van der Waals surface area contributed by atoms with E-state index in [0.29, 0.717) is 17.5 Å². The molecule has 1 aliphatic carbocycles. The molecule has 0 saturated heterocycles. The minimum absolute atomic E-state index is 0.577. The van der Waals surface area contributed by atoms with Gasteiger partial charge in [-0.15, -0.1) is 0 Å². The number of hydrogen-bond acceptors (Lipinski definition) is 4. The SMILES string of the molecule is c1ccc2c(c1)-c1cccc3c1c-2cc1oc2c(-c4nc(-c5ccc6ccccc6c5)nc(-c5ccc6ccccc6c5)n4)cccc2c13. The first-order valence-corrected chi connectivity index (χ1v) is 16.5. The second-order valence-electron chi connectivity index (χ2n) is 12.8. The van der Waals surface area contributed by atoms with Gasteiger partial charge in [-0.05, 0) is 78.8 Å². The zero-order valence-electron chi connectivity index (χ0n) is 26.2. The van der Waals surface area contributed by atoms with Crippen molar-refractivity contribution in [1.29, 1.82) is 0 Å². The number of furan rings is 1. The molecule has 11 rings (SSSR count). The highest BCUT2D eigenvalue weighted by Gasteiger charge is 2.25. The van der Waals surface area contributed by atoms with Crippen LogP contribution in [0.25, 0.3) is 111 Å². The molecule has 0 bridgehead atoms. The Labute approximate surface area is 281 Å². The number of benzene rings is 8. The number of hydrogen-bond donors (Lipinski definition) is 0. The number of aromatic nitrogens is 3. The maximum Gasteiger partial charge on any atom is 0.167 e. The van der Waals surface area contributed by atoms with Gasteiger partial charge in [-0.2, -0.15) is 0 Å². The number of rotatable bonds is 3. The van der Waals surface area contributed by atoms with Gasteiger partial charge >= 0.3 is 0 Å². The van der Waals surface area contributed by atoms with Crippen LogP contribution < -0.4 is 0 Å². The van der Waals surface area contributed by atoms with Crippen molar-refractivity contribution >= 4 is 54.3 Å². The van der Waals surface area contributed by atoms with Crippen molar-refractivity contribution in [3.63, 3.8) is 0 Å². The van der Waals surface area contributed by atoms with Crippen molar-refractivity contribution in [1.82, 2.24) is 15.0 Å². The van der Waals surface area contributed by atoms with Gasteiger partial charge in [-0.25, -0.2) is 15.0 Å². The van der Waals surface area contributed by atoms with Crippen LogP contribution in [0.1, 0.15) is 0 Å². The number of fused-ring (bicyclic) bond motifs is 9. The van der Waals surface area contributed by atoms with Gasteiger partial charge in [0.25, 0.3) is 0 Å². The normalized spacial score (nSPS) is 12.1. The molecule has 2 aromatic heterocycles. The number of nitrogens with zero attached hydrogens (tertiary/aromatic N) is 3. The molecule has 8 aromatic carbocycles. The standard InChI is InChI=1S/C45H25N3O/c1-3-11-28-23-30(21-19-26(28)9-1)43-46-44(31-22-20-27-10-2-4-12-29(27)24-31)48-45(47-43)37-18-8-17-36-41-35-16-7-15-34-32-13-5-6-14-33(32)38(40(34)35)25-39(41)49-42(36)37/h1-25H. The fourth-order valence-electron chi connectivity index (χ4n) is 7.75. The summed E-state index contributed by atoms with van der Waals surface area (Å²) in [6.45, 7) is 0. The van der Waals surface area contributed by atoms with Crippen LogP contribution >= 0.6 is 0 Å². The first-order chi connectivity index (χ1) is 24.3. The lowest BCUT2D eigenvalue weighted by Gasteiger charge is -2.10. The summed E-state index contributed by atoms with van der Waals surface area (Å²) in [7, 11) is 0. The molecule has 0 unspecified atom stereocenters. The van der Waals surface area contributed by atoms with Crippen molar-refractivity contribution in [3.05, 3.63) is 152 Å². The van der Waals surface area contributed by atoms with Gasteiger partial charge in [0.2, 0.25) is 0 Å². The van der Waals surface area contributed by atoms with Crippen molar-refractivity contribution < 1.29 is 4.42 Å². The monoisotopic (exact) mass is 623 g/mol. The van der Waals surface area contributed by atoms with E-state index in [9.17, 15) is 0 Å². The molecule has 226 valence electrons. The molecule has 0 aliphatic heterocycles. The van der Waals surface area contributed by atoms with E-state index in [4.69, 9.17) is 19.4 Å². The fraction of sp³-hybridized carbons (Fsp3) is 0. The van der Waals surface area contributed by atoms with E-state index in [-0.39, 0.29) is 0 Å². The summed E-state index contributed by atoms with van der Waals surface area (Å²) in [5.74, 6) is 1.82. The van der Waals surface area contributed by atoms with Gasteiger partial charge < -0.3 is 4.42 Å². The molecular weight excluding hydrogens is 599 g/mol. The molecule has 2 heterocycles. The van der Waals surface area contributed by atoms with Gasteiger partial charge in [0.15, 0.2) is 17.5 Å². The highest BCUT2D eigenvalue weighted by molar-refractivity contribution is 6.28. The summed E-state index contributed by atoms with van der Waals surface area (Å²) in [5, 5.41) is 9.26. The molecule has 49 heavy (non-hydrogen) atoms. The lowest BCUT2D eigenvalue weighted by Crippen LogP contribution is -2.00. The number of para-hydroxylation sites is 1. The lowest BCUT2D eigenvalue weighted by molar-refractivity contribution is 0.670. The van der Waals surface area contributed by atoms with E-state index in [0.717, 1.165) is 49.4 Å². The molecule has 4 nitrogen and oxygen atoms in total. The van der Waals surface area contributed by atoms with E-state index in [1.54, 1.807) is 0 Å². The largest absolute Gasteiger partial charge is 0.455 e. The third kappa shape index (κ3) is 3.89. The second kappa shape index (κ2) is 9.93. The van der Waals surface area contributed by atoms with Gasteiger partial charge in [0.1, 0.15) is 11.2 Å². The molecule has 10 aromatic rings. The quantitative estimate of drug-likeness (QED) is 0.196. The minimum atomic E-state index is 0.577. The Bertz CT molecular complexity index is 2910. The Kier molecular flexibility index (Phi) is 5.35. The summed E-state index contributed by atoms with van der Waals surface area (Å²) in [6, 6.07) is 53.2. The smallest absolute Gasteiger partial charge is 0.167 e. The lowest BCUT2D eigenvalue weighted by atomic mass is 9.98. The summed E-state index contributed by atoms with van der Waals surface area (Å²) in [4.78, 5) is 15.4. The Hall–Kier alpha value is -6.65. The van der Waals surface area contributed by atoms with E-state index in [1.165, 1.54) is 43.8 Å². The predicted molar refractivity (Wildman–Crippen MR) is 200 cm³/mol. The Morgan fingerprint density at radius 2 is 0.878 bits per heavy atom. The summed E-state index contributed by atoms with van der Waals surface area (Å²) in [6.07, 6.45) is 0. The van der Waals surface area contributed by atoms with Crippen molar-refractivity contribution in [3.8, 4) is 56.4 Å². The van der Waals surface area contributed by atoms with Gasteiger partial charge in [-0.3, -0.25) is 0 Å². The molecule has 0 N–H and O–H groups in total. The van der Waals surface area contributed by atoms with Crippen LogP contribution in [-0.4, -0.2) is 15.0 Å². The Morgan fingerprint density at radius 1 is 0.347 bits per heavy atom. The van der Waals surface area contributed by atoms with Crippen LogP contribution in [0.2, 0.25) is 0 Å². The van der Waals surface area contributed by atoms with Crippen LogP contribution in [-0.2, 0) is 0 Å². The Morgan fingerprint density at radius 3 is 1.55 bits per heavy atom. The molecule has 0 fully saturated rings. The maximum atomic E-state index is 6.83. The molecule has 4 heteroatoms. The van der Waals surface area contributed by atoms with Crippen LogP contribution in [0, 0.1) is 0 Å². The zero-order chi connectivity index (χ0) is 32.1. The highest BCUT2D eigenvalue weighted by atomic mass is 16.3. The summed E-state index contributed by atoms with van der Waals surface area (Å²) >= 11 is 0. The van der Waals surface area contributed by atoms with Gasteiger partial charge in [0.05, 0.1) is 5.56 Å². The molecular formula is C45H25N3O. The first kappa shape index (κ1) is 26.4. The highest BCUT2D eigenvalue weighted by Crippen LogP contribution is 2.51. The third-order valence-electron chi connectivity index (χ3n) is 10.0. The van der Waals surface area contributed by atoms with Crippen molar-refractivity contribution in [2.75, 3.05) is 0 Å². The Balaban J connectivity index is 1.17. The van der Waals surface area contributed by atoms with E-state index in [1.807, 2.05) is 0 Å². The molecule has 0 spiro atoms. The van der Waals surface area contributed by atoms with Crippen molar-refractivity contribution in [2.45, 2.75) is 0 Å². The fourth-order valence-corrected chi connectivity index (χ4v) is 7.75. The molecule has 0 saturated carbocycles. The van der Waals surface area contributed by atoms with Gasteiger partial charge in [-0.1, -0.05) is 127 Å². The minimum Gasteiger partial charge on any atom is -0.455 e. The van der Waals surface area contributed by atoms with Crippen LogP contribution in [0.4, 0.5) is 0 Å². The van der Waals surface area contributed by atoms with Crippen molar-refractivity contribution in [2.24, 2.45) is 0 Å². The maximum absolute atomic E-state index is 6.83. The van der Waals surface area contributed by atoms with Crippen LogP contribution in [0.5, 0.6) is 0 Å². The average molecular weight is 624 g/mol. The topological polar surface area (TPSA) is 51.8 Å². The van der Waals surface area contributed by atoms with Crippen LogP contribution in [0.3, 0.4) is 0 Å². The molecule has 0 amide bonds. The van der Waals surface area contributed by atoms with Gasteiger partial charge in [0, 0.05) is 21.9 Å². The zero-order valence-corrected chi connectivity index (χ0v) is 26.2. The van der Waals surface area contributed by atoms with E-state index >= 15 is 0 Å². The third-order valence-corrected chi connectivity index (χ3v) is 10.0. The van der Waals surface area contributed by atoms with E-state index in [2.05, 4.69) is 152 Å². The van der Waals surface area contributed by atoms with Crippen LogP contribution in [0.15, 0.2) is 156 Å². The molecule has 1 aliphatic rings. The summed E-state index contributed by atoms with van der Waals surface area (Å²) in [5.41, 5.74) is 9.34. The molecule has 0 atom stereocenters.